The van der Waals surface area contributed by atoms with Crippen molar-refractivity contribution in [1.29, 1.82) is 0 Å². The number of carbonyl (C=O) groups is 1. The van der Waals surface area contributed by atoms with E-state index in [0.29, 0.717) is 41.8 Å². The lowest BCUT2D eigenvalue weighted by molar-refractivity contribution is -0.384. The van der Waals surface area contributed by atoms with Crippen molar-refractivity contribution in [2.24, 2.45) is 5.92 Å². The number of para-hydroxylation sites is 2. The molecule has 1 unspecified atom stereocenters. The van der Waals surface area contributed by atoms with Crippen LogP contribution in [0.4, 0.5) is 11.4 Å². The van der Waals surface area contributed by atoms with Crippen LogP contribution in [-0.2, 0) is 0 Å². The molecule has 1 amide bonds. The zero-order chi connectivity index (χ0) is 22.0. The molecule has 8 heteroatoms. The molecule has 0 aliphatic carbocycles. The first-order valence-corrected chi connectivity index (χ1v) is 10.6. The Bertz CT molecular complexity index is 971. The number of benzene rings is 2. The molecule has 0 N–H and O–H groups in total. The molecule has 2 heterocycles. The lowest BCUT2D eigenvalue weighted by Gasteiger charge is -2.32. The SMILES string of the molecule is CC1CCN(c2ccc(C(=O)N(C)CC3COc4ccccc4O3)cc2[N+](=O)[O-])CC1. The normalized spacial score (nSPS) is 18.5. The number of hydrogen-bond donors (Lipinski definition) is 0. The van der Waals surface area contributed by atoms with Crippen LogP contribution in [0.5, 0.6) is 11.5 Å². The fraction of sp³-hybridized carbons (Fsp3) is 0.435. The fourth-order valence-corrected chi connectivity index (χ4v) is 4.08. The third kappa shape index (κ3) is 4.57. The molecule has 31 heavy (non-hydrogen) atoms. The summed E-state index contributed by atoms with van der Waals surface area (Å²) in [5.41, 5.74) is 0.845. The molecule has 1 fully saturated rings. The van der Waals surface area contributed by atoms with Crippen LogP contribution >= 0.6 is 0 Å². The number of fused-ring (bicyclic) bond motifs is 1. The van der Waals surface area contributed by atoms with Gasteiger partial charge in [-0.2, -0.15) is 0 Å². The molecule has 2 aromatic carbocycles. The minimum absolute atomic E-state index is 0.0278. The third-order valence-electron chi connectivity index (χ3n) is 5.94. The van der Waals surface area contributed by atoms with E-state index in [0.717, 1.165) is 25.9 Å². The van der Waals surface area contributed by atoms with Gasteiger partial charge in [-0.25, -0.2) is 0 Å². The van der Waals surface area contributed by atoms with Gasteiger partial charge in [0.25, 0.3) is 11.6 Å². The Kier molecular flexibility index (Phi) is 5.97. The summed E-state index contributed by atoms with van der Waals surface area (Å²) in [4.78, 5) is 27.8. The molecule has 0 bridgehead atoms. The first kappa shape index (κ1) is 21.0. The predicted octanol–water partition coefficient (Wildman–Crippen LogP) is 3.74. The molecule has 1 saturated heterocycles. The number of carbonyl (C=O) groups excluding carboxylic acids is 1. The molecule has 0 aromatic heterocycles. The Morgan fingerprint density at radius 1 is 1.19 bits per heavy atom. The molecule has 8 nitrogen and oxygen atoms in total. The van der Waals surface area contributed by atoms with Crippen LogP contribution in [0.3, 0.4) is 0 Å². The molecule has 0 saturated carbocycles. The van der Waals surface area contributed by atoms with Gasteiger partial charge < -0.3 is 19.3 Å². The van der Waals surface area contributed by atoms with Crippen LogP contribution in [0.15, 0.2) is 42.5 Å². The quantitative estimate of drug-likeness (QED) is 0.536. The standard InChI is InChI=1S/C23H27N3O5/c1-16-9-11-25(12-10-16)19-8-7-17(13-20(19)26(28)29)23(27)24(2)14-18-15-30-21-5-3-4-6-22(21)31-18/h3-8,13,16,18H,9-12,14-15H2,1-2H3. The number of amides is 1. The maximum atomic E-state index is 13.0. The van der Waals surface area contributed by atoms with Crippen molar-refractivity contribution in [3.05, 3.63) is 58.1 Å². The summed E-state index contributed by atoms with van der Waals surface area (Å²) >= 11 is 0. The van der Waals surface area contributed by atoms with Gasteiger partial charge in [0.05, 0.1) is 11.5 Å². The predicted molar refractivity (Wildman–Crippen MR) is 117 cm³/mol. The monoisotopic (exact) mass is 425 g/mol. The first-order valence-electron chi connectivity index (χ1n) is 10.6. The second kappa shape index (κ2) is 8.83. The fourth-order valence-electron chi connectivity index (χ4n) is 4.08. The van der Waals surface area contributed by atoms with E-state index >= 15 is 0 Å². The van der Waals surface area contributed by atoms with E-state index in [9.17, 15) is 14.9 Å². The van der Waals surface area contributed by atoms with Crippen molar-refractivity contribution in [2.45, 2.75) is 25.9 Å². The Labute approximate surface area is 181 Å². The van der Waals surface area contributed by atoms with Gasteiger partial charge >= 0.3 is 0 Å². The number of rotatable bonds is 5. The molecule has 2 aliphatic heterocycles. The lowest BCUT2D eigenvalue weighted by atomic mass is 9.98. The van der Waals surface area contributed by atoms with Crippen LogP contribution in [-0.4, -0.2) is 55.1 Å². The van der Waals surface area contributed by atoms with Gasteiger partial charge in [0, 0.05) is 31.8 Å². The van der Waals surface area contributed by atoms with Crippen molar-refractivity contribution >= 4 is 17.3 Å². The zero-order valence-corrected chi connectivity index (χ0v) is 17.8. The average Bonchev–Trinajstić information content (AvgIpc) is 2.78. The van der Waals surface area contributed by atoms with Gasteiger partial charge in [0.1, 0.15) is 12.3 Å². The summed E-state index contributed by atoms with van der Waals surface area (Å²) in [6.07, 6.45) is 1.70. The maximum Gasteiger partial charge on any atom is 0.293 e. The number of likely N-dealkylation sites (N-methyl/N-ethyl adjacent to an activating group) is 1. The van der Waals surface area contributed by atoms with Crippen LogP contribution < -0.4 is 14.4 Å². The largest absolute Gasteiger partial charge is 0.486 e. The maximum absolute atomic E-state index is 13.0. The molecular formula is C23H27N3O5. The van der Waals surface area contributed by atoms with Crippen LogP contribution in [0.2, 0.25) is 0 Å². The van der Waals surface area contributed by atoms with Gasteiger partial charge in [-0.15, -0.1) is 0 Å². The second-order valence-electron chi connectivity index (χ2n) is 8.31. The molecule has 2 aliphatic rings. The number of nitrogens with zero attached hydrogens (tertiary/aromatic N) is 3. The summed E-state index contributed by atoms with van der Waals surface area (Å²) in [6, 6.07) is 12.2. The molecule has 2 aromatic rings. The Balaban J connectivity index is 1.46. The van der Waals surface area contributed by atoms with Gasteiger partial charge in [0.2, 0.25) is 0 Å². The Morgan fingerprint density at radius 3 is 2.61 bits per heavy atom. The topological polar surface area (TPSA) is 85.2 Å². The van der Waals surface area contributed by atoms with E-state index in [2.05, 4.69) is 6.92 Å². The van der Waals surface area contributed by atoms with Crippen LogP contribution in [0, 0.1) is 16.0 Å². The summed E-state index contributed by atoms with van der Waals surface area (Å²) in [5.74, 6) is 1.67. The van der Waals surface area contributed by atoms with Crippen LogP contribution in [0.25, 0.3) is 0 Å². The molecular weight excluding hydrogens is 398 g/mol. The van der Waals surface area contributed by atoms with Crippen molar-refractivity contribution < 1.29 is 19.2 Å². The Morgan fingerprint density at radius 2 is 1.90 bits per heavy atom. The minimum Gasteiger partial charge on any atom is -0.486 e. The second-order valence-corrected chi connectivity index (χ2v) is 8.31. The van der Waals surface area contributed by atoms with E-state index in [1.54, 1.807) is 19.2 Å². The van der Waals surface area contributed by atoms with Crippen molar-refractivity contribution in [3.8, 4) is 11.5 Å². The summed E-state index contributed by atoms with van der Waals surface area (Å²) in [7, 11) is 1.66. The van der Waals surface area contributed by atoms with E-state index in [-0.39, 0.29) is 17.7 Å². The summed E-state index contributed by atoms with van der Waals surface area (Å²) in [6.45, 7) is 4.42. The highest BCUT2D eigenvalue weighted by molar-refractivity contribution is 5.95. The van der Waals surface area contributed by atoms with Gasteiger partial charge in [-0.3, -0.25) is 14.9 Å². The van der Waals surface area contributed by atoms with Crippen molar-refractivity contribution in [2.75, 3.05) is 38.2 Å². The molecule has 4 rings (SSSR count). The van der Waals surface area contributed by atoms with E-state index in [4.69, 9.17) is 9.47 Å². The molecule has 164 valence electrons. The molecule has 0 spiro atoms. The summed E-state index contributed by atoms with van der Waals surface area (Å²) in [5, 5.41) is 11.7. The van der Waals surface area contributed by atoms with Crippen molar-refractivity contribution in [3.63, 3.8) is 0 Å². The minimum atomic E-state index is -0.404. The van der Waals surface area contributed by atoms with Crippen molar-refractivity contribution in [1.82, 2.24) is 4.90 Å². The van der Waals surface area contributed by atoms with E-state index in [1.807, 2.05) is 29.2 Å². The number of nitro groups is 1. The number of piperidine rings is 1. The zero-order valence-electron chi connectivity index (χ0n) is 17.8. The number of anilines is 1. The first-order chi connectivity index (χ1) is 14.9. The van der Waals surface area contributed by atoms with Gasteiger partial charge in [-0.1, -0.05) is 19.1 Å². The highest BCUT2D eigenvalue weighted by Crippen LogP contribution is 2.33. The third-order valence-corrected chi connectivity index (χ3v) is 5.94. The number of ether oxygens (including phenoxy) is 2. The van der Waals surface area contributed by atoms with Gasteiger partial charge in [-0.05, 0) is 43.0 Å². The lowest BCUT2D eigenvalue weighted by Crippen LogP contribution is -2.41. The number of nitro benzene ring substituents is 1. The highest BCUT2D eigenvalue weighted by atomic mass is 16.6. The Hall–Kier alpha value is -3.29. The van der Waals surface area contributed by atoms with E-state index in [1.165, 1.54) is 11.0 Å². The number of hydrogen-bond acceptors (Lipinski definition) is 6. The van der Waals surface area contributed by atoms with E-state index < -0.39 is 4.92 Å². The van der Waals surface area contributed by atoms with Gasteiger partial charge in [0.15, 0.2) is 17.6 Å². The highest BCUT2D eigenvalue weighted by Gasteiger charge is 2.27. The molecule has 1 atom stereocenters. The smallest absolute Gasteiger partial charge is 0.293 e. The molecule has 0 radical (unpaired) electrons. The summed E-state index contributed by atoms with van der Waals surface area (Å²) < 4.78 is 11.6. The van der Waals surface area contributed by atoms with Crippen LogP contribution in [0.1, 0.15) is 30.1 Å². The average molecular weight is 425 g/mol.